The van der Waals surface area contributed by atoms with E-state index in [-0.39, 0.29) is 18.2 Å². The van der Waals surface area contributed by atoms with Crippen LogP contribution < -0.4 is 10.0 Å². The number of piperidine rings is 1. The van der Waals surface area contributed by atoms with E-state index in [2.05, 4.69) is 30.0 Å². The third-order valence-electron chi connectivity index (χ3n) is 5.07. The van der Waals surface area contributed by atoms with Crippen LogP contribution in [0.1, 0.15) is 56.5 Å². The van der Waals surface area contributed by atoms with Crippen LogP contribution in [0.3, 0.4) is 0 Å². The van der Waals surface area contributed by atoms with Crippen molar-refractivity contribution in [3.05, 3.63) is 17.5 Å². The molecule has 7 nitrogen and oxygen atoms in total. The summed E-state index contributed by atoms with van der Waals surface area (Å²) in [4.78, 5) is 0. The zero-order valence-corrected chi connectivity index (χ0v) is 16.2. The van der Waals surface area contributed by atoms with Crippen molar-refractivity contribution >= 4 is 10.0 Å². The number of rotatable bonds is 6. The van der Waals surface area contributed by atoms with Gasteiger partial charge in [-0.1, -0.05) is 13.8 Å². The van der Waals surface area contributed by atoms with E-state index in [1.54, 1.807) is 0 Å². The standard InChI is InChI=1S/C17H30N4O3S/c1-12(2)16-10-13-4-5-15(20-25(3,22)23)17(21(13)19-16)11-24-14-6-8-18-9-7-14/h10,12,14-15,17-18,20H,4-9,11H2,1-3H3/t15-,17-/m0/s1. The first-order valence-corrected chi connectivity index (χ1v) is 11.1. The van der Waals surface area contributed by atoms with Gasteiger partial charge in [-0.3, -0.25) is 4.68 Å². The molecule has 2 aliphatic heterocycles. The molecule has 0 amide bonds. The highest BCUT2D eigenvalue weighted by Gasteiger charge is 2.33. The number of hydrogen-bond acceptors (Lipinski definition) is 5. The van der Waals surface area contributed by atoms with Gasteiger partial charge in [0.2, 0.25) is 10.0 Å². The third-order valence-corrected chi connectivity index (χ3v) is 5.80. The molecule has 0 saturated carbocycles. The Balaban J connectivity index is 1.79. The summed E-state index contributed by atoms with van der Waals surface area (Å²) in [5, 5.41) is 8.10. The van der Waals surface area contributed by atoms with Gasteiger partial charge in [0.1, 0.15) is 0 Å². The molecule has 0 aromatic carbocycles. The highest BCUT2D eigenvalue weighted by molar-refractivity contribution is 7.88. The molecule has 1 saturated heterocycles. The minimum absolute atomic E-state index is 0.0964. The van der Waals surface area contributed by atoms with Crippen molar-refractivity contribution < 1.29 is 13.2 Å². The van der Waals surface area contributed by atoms with Crippen LogP contribution >= 0.6 is 0 Å². The van der Waals surface area contributed by atoms with Crippen molar-refractivity contribution in [2.75, 3.05) is 26.0 Å². The van der Waals surface area contributed by atoms with Gasteiger partial charge in [-0.25, -0.2) is 13.1 Å². The first-order chi connectivity index (χ1) is 11.8. The van der Waals surface area contributed by atoms with E-state index < -0.39 is 10.0 Å². The Bertz CT molecular complexity index is 680. The van der Waals surface area contributed by atoms with Gasteiger partial charge in [0.15, 0.2) is 0 Å². The van der Waals surface area contributed by atoms with Gasteiger partial charge in [0, 0.05) is 11.7 Å². The maximum atomic E-state index is 11.8. The maximum absolute atomic E-state index is 11.8. The summed E-state index contributed by atoms with van der Waals surface area (Å²) >= 11 is 0. The number of hydrogen-bond donors (Lipinski definition) is 2. The van der Waals surface area contributed by atoms with E-state index >= 15 is 0 Å². The highest BCUT2D eigenvalue weighted by Crippen LogP contribution is 2.29. The summed E-state index contributed by atoms with van der Waals surface area (Å²) in [7, 11) is -3.27. The average Bonchev–Trinajstić information content (AvgIpc) is 2.98. The fourth-order valence-electron chi connectivity index (χ4n) is 3.67. The zero-order valence-electron chi connectivity index (χ0n) is 15.4. The smallest absolute Gasteiger partial charge is 0.209 e. The number of ether oxygens (including phenoxy) is 1. The van der Waals surface area contributed by atoms with E-state index in [0.29, 0.717) is 12.5 Å². The van der Waals surface area contributed by atoms with Crippen LogP contribution in [0.2, 0.25) is 0 Å². The first kappa shape index (κ1) is 18.8. The quantitative estimate of drug-likeness (QED) is 0.785. The van der Waals surface area contributed by atoms with Crippen molar-refractivity contribution in [1.29, 1.82) is 0 Å². The van der Waals surface area contributed by atoms with Gasteiger partial charge < -0.3 is 10.1 Å². The normalized spacial score (nSPS) is 25.3. The summed E-state index contributed by atoms with van der Waals surface area (Å²) in [5.41, 5.74) is 2.23. The number of fused-ring (bicyclic) bond motifs is 1. The molecule has 1 fully saturated rings. The van der Waals surface area contributed by atoms with Crippen molar-refractivity contribution in [3.8, 4) is 0 Å². The lowest BCUT2D eigenvalue weighted by Gasteiger charge is -2.34. The van der Waals surface area contributed by atoms with Crippen LogP contribution in [0.25, 0.3) is 0 Å². The molecule has 0 unspecified atom stereocenters. The molecular weight excluding hydrogens is 340 g/mol. The summed E-state index contributed by atoms with van der Waals surface area (Å²) in [6, 6.07) is 1.88. The predicted octanol–water partition coefficient (Wildman–Crippen LogP) is 1.18. The molecule has 3 rings (SSSR count). The number of aryl methyl sites for hydroxylation is 1. The maximum Gasteiger partial charge on any atom is 0.209 e. The molecule has 0 spiro atoms. The number of nitrogens with one attached hydrogen (secondary N) is 2. The Morgan fingerprint density at radius 3 is 2.72 bits per heavy atom. The summed E-state index contributed by atoms with van der Waals surface area (Å²) < 4.78 is 34.5. The minimum Gasteiger partial charge on any atom is -0.376 e. The molecule has 25 heavy (non-hydrogen) atoms. The molecule has 1 aromatic rings. The lowest BCUT2D eigenvalue weighted by molar-refractivity contribution is 0.00302. The molecule has 142 valence electrons. The second-order valence-electron chi connectivity index (χ2n) is 7.55. The van der Waals surface area contributed by atoms with Crippen LogP contribution in [0.15, 0.2) is 6.07 Å². The van der Waals surface area contributed by atoms with Gasteiger partial charge in [0.05, 0.1) is 30.7 Å². The van der Waals surface area contributed by atoms with Crippen molar-refractivity contribution in [1.82, 2.24) is 19.8 Å². The Labute approximate surface area is 150 Å². The first-order valence-electron chi connectivity index (χ1n) is 9.21. The van der Waals surface area contributed by atoms with Crippen LogP contribution in [0.4, 0.5) is 0 Å². The van der Waals surface area contributed by atoms with E-state index in [9.17, 15) is 8.42 Å². The van der Waals surface area contributed by atoms with Crippen LogP contribution in [0.5, 0.6) is 0 Å². The van der Waals surface area contributed by atoms with Gasteiger partial charge in [-0.05, 0) is 50.8 Å². The lowest BCUT2D eigenvalue weighted by atomic mass is 9.98. The highest BCUT2D eigenvalue weighted by atomic mass is 32.2. The van der Waals surface area contributed by atoms with Gasteiger partial charge in [0.25, 0.3) is 0 Å². The zero-order chi connectivity index (χ0) is 18.0. The van der Waals surface area contributed by atoms with Crippen LogP contribution in [0, 0.1) is 0 Å². The van der Waals surface area contributed by atoms with Crippen LogP contribution in [-0.4, -0.2) is 56.3 Å². The largest absolute Gasteiger partial charge is 0.376 e. The molecule has 2 aliphatic rings. The van der Waals surface area contributed by atoms with E-state index in [1.807, 2.05) is 4.68 Å². The number of nitrogens with zero attached hydrogens (tertiary/aromatic N) is 2. The predicted molar refractivity (Wildman–Crippen MR) is 97.3 cm³/mol. The number of sulfonamides is 1. The molecule has 1 aromatic heterocycles. The lowest BCUT2D eigenvalue weighted by Crippen LogP contribution is -2.46. The molecule has 2 atom stereocenters. The minimum atomic E-state index is -3.27. The average molecular weight is 371 g/mol. The van der Waals surface area contributed by atoms with Gasteiger partial charge in [-0.15, -0.1) is 0 Å². The Morgan fingerprint density at radius 2 is 2.08 bits per heavy atom. The Hall–Kier alpha value is -0.960. The Morgan fingerprint density at radius 1 is 1.36 bits per heavy atom. The van der Waals surface area contributed by atoms with Crippen LogP contribution in [-0.2, 0) is 21.2 Å². The van der Waals surface area contributed by atoms with Gasteiger partial charge >= 0.3 is 0 Å². The molecule has 0 bridgehead atoms. The second kappa shape index (κ2) is 7.73. The monoisotopic (exact) mass is 370 g/mol. The molecule has 0 radical (unpaired) electrons. The SMILES string of the molecule is CC(C)c1cc2n(n1)[C@@H](COC1CCNCC1)[C@@H](NS(C)(=O)=O)CC2. The second-order valence-corrected chi connectivity index (χ2v) is 9.33. The fourth-order valence-corrected chi connectivity index (χ4v) is 4.50. The topological polar surface area (TPSA) is 85.2 Å². The van der Waals surface area contributed by atoms with E-state index in [4.69, 9.17) is 9.84 Å². The summed E-state index contributed by atoms with van der Waals surface area (Å²) in [6.45, 7) is 6.70. The molecule has 8 heteroatoms. The fraction of sp³-hybridized carbons (Fsp3) is 0.824. The summed E-state index contributed by atoms with van der Waals surface area (Å²) in [6.07, 6.45) is 5.06. The molecule has 0 aliphatic carbocycles. The molecule has 3 heterocycles. The van der Waals surface area contributed by atoms with Crippen molar-refractivity contribution in [2.45, 2.75) is 63.6 Å². The number of aromatic nitrogens is 2. The molecular formula is C17H30N4O3S. The summed E-state index contributed by atoms with van der Waals surface area (Å²) in [5.74, 6) is 0.352. The van der Waals surface area contributed by atoms with E-state index in [1.165, 1.54) is 11.9 Å². The van der Waals surface area contributed by atoms with Crippen molar-refractivity contribution in [3.63, 3.8) is 0 Å². The van der Waals surface area contributed by atoms with Crippen molar-refractivity contribution in [2.24, 2.45) is 0 Å². The third kappa shape index (κ3) is 4.81. The van der Waals surface area contributed by atoms with Gasteiger partial charge in [-0.2, -0.15) is 5.10 Å². The Kier molecular flexibility index (Phi) is 5.82. The molecule has 2 N–H and O–H groups in total. The van der Waals surface area contributed by atoms with E-state index in [0.717, 1.165) is 44.5 Å².